The fraction of sp³-hybridized carbons (Fsp3) is 0.667. The fourth-order valence-corrected chi connectivity index (χ4v) is 4.88. The molecular formula is C12H20N2O2S2. The molecule has 6 heteroatoms. The molecule has 1 aromatic heterocycles. The average Bonchev–Trinajstić information content (AvgIpc) is 2.91. The summed E-state index contributed by atoms with van der Waals surface area (Å²) in [6.45, 7) is 4.32. The van der Waals surface area contributed by atoms with Gasteiger partial charge in [0, 0.05) is 19.1 Å². The molecule has 0 aliphatic carbocycles. The van der Waals surface area contributed by atoms with Gasteiger partial charge in [-0.15, -0.1) is 11.3 Å². The molecule has 0 saturated carbocycles. The van der Waals surface area contributed by atoms with Crippen LogP contribution in [0.5, 0.6) is 0 Å². The molecular weight excluding hydrogens is 268 g/mol. The van der Waals surface area contributed by atoms with Crippen molar-refractivity contribution in [3.63, 3.8) is 0 Å². The Balaban J connectivity index is 2.04. The molecule has 0 radical (unpaired) electrons. The van der Waals surface area contributed by atoms with Crippen LogP contribution >= 0.6 is 11.3 Å². The molecule has 1 aromatic rings. The molecule has 1 atom stereocenters. The summed E-state index contributed by atoms with van der Waals surface area (Å²) >= 11 is 1.29. The highest BCUT2D eigenvalue weighted by molar-refractivity contribution is 7.91. The van der Waals surface area contributed by atoms with Crippen molar-refractivity contribution >= 4 is 21.4 Å². The Morgan fingerprint density at radius 1 is 1.56 bits per heavy atom. The zero-order chi connectivity index (χ0) is 13.0. The zero-order valence-electron chi connectivity index (χ0n) is 10.6. The number of hydrogen-bond donors (Lipinski definition) is 1. The predicted octanol–water partition coefficient (Wildman–Crippen LogP) is 1.90. The van der Waals surface area contributed by atoms with Crippen molar-refractivity contribution < 1.29 is 8.42 Å². The van der Waals surface area contributed by atoms with Crippen LogP contribution in [0.15, 0.2) is 21.7 Å². The minimum Gasteiger partial charge on any atom is -0.313 e. The second-order valence-corrected chi connectivity index (χ2v) is 7.70. The van der Waals surface area contributed by atoms with Crippen molar-refractivity contribution in [3.8, 4) is 0 Å². The summed E-state index contributed by atoms with van der Waals surface area (Å²) in [5.41, 5.74) is 0. The SMILES string of the molecule is CCCNC1CCCN(S(=O)(=O)c2cccs2)C1. The van der Waals surface area contributed by atoms with E-state index in [2.05, 4.69) is 12.2 Å². The molecule has 102 valence electrons. The minimum atomic E-state index is -3.26. The first-order valence-electron chi connectivity index (χ1n) is 6.41. The summed E-state index contributed by atoms with van der Waals surface area (Å²) in [6.07, 6.45) is 3.08. The van der Waals surface area contributed by atoms with Crippen LogP contribution in [-0.2, 0) is 10.0 Å². The van der Waals surface area contributed by atoms with Gasteiger partial charge in [-0.25, -0.2) is 8.42 Å². The van der Waals surface area contributed by atoms with Gasteiger partial charge in [0.25, 0.3) is 10.0 Å². The molecule has 0 amide bonds. The highest BCUT2D eigenvalue weighted by Gasteiger charge is 2.30. The Morgan fingerprint density at radius 2 is 2.39 bits per heavy atom. The molecule has 18 heavy (non-hydrogen) atoms. The molecule has 1 N–H and O–H groups in total. The predicted molar refractivity (Wildman–Crippen MR) is 74.4 cm³/mol. The maximum atomic E-state index is 12.4. The molecule has 2 heterocycles. The molecule has 0 aromatic carbocycles. The maximum Gasteiger partial charge on any atom is 0.252 e. The van der Waals surface area contributed by atoms with Gasteiger partial charge in [-0.1, -0.05) is 13.0 Å². The first-order chi connectivity index (χ1) is 8.64. The number of piperidine rings is 1. The highest BCUT2D eigenvalue weighted by atomic mass is 32.2. The van der Waals surface area contributed by atoms with Gasteiger partial charge in [-0.3, -0.25) is 0 Å². The number of nitrogens with one attached hydrogen (secondary N) is 1. The molecule has 1 fully saturated rings. The Kier molecular flexibility index (Phi) is 4.77. The third-order valence-electron chi connectivity index (χ3n) is 3.16. The summed E-state index contributed by atoms with van der Waals surface area (Å²) in [6, 6.07) is 3.77. The van der Waals surface area contributed by atoms with Crippen molar-refractivity contribution in [1.82, 2.24) is 9.62 Å². The molecule has 4 nitrogen and oxygen atoms in total. The Morgan fingerprint density at radius 3 is 3.06 bits per heavy atom. The number of sulfonamides is 1. The minimum absolute atomic E-state index is 0.299. The normalized spacial score (nSPS) is 22.2. The molecule has 1 saturated heterocycles. The summed E-state index contributed by atoms with van der Waals surface area (Å²) in [5, 5.41) is 5.23. The number of thiophene rings is 1. The lowest BCUT2D eigenvalue weighted by atomic mass is 10.1. The van der Waals surface area contributed by atoms with E-state index in [1.807, 2.05) is 5.38 Å². The monoisotopic (exact) mass is 288 g/mol. The number of rotatable bonds is 5. The van der Waals surface area contributed by atoms with Crippen LogP contribution in [-0.4, -0.2) is 38.4 Å². The lowest BCUT2D eigenvalue weighted by Crippen LogP contribution is -2.47. The Labute approximate surface area is 113 Å². The number of hydrogen-bond acceptors (Lipinski definition) is 4. The van der Waals surface area contributed by atoms with E-state index in [1.54, 1.807) is 16.4 Å². The van der Waals surface area contributed by atoms with E-state index in [9.17, 15) is 8.42 Å². The lowest BCUT2D eigenvalue weighted by molar-refractivity contribution is 0.284. The van der Waals surface area contributed by atoms with Gasteiger partial charge in [0.2, 0.25) is 0 Å². The van der Waals surface area contributed by atoms with Crippen LogP contribution in [0.25, 0.3) is 0 Å². The second-order valence-electron chi connectivity index (χ2n) is 4.59. The van der Waals surface area contributed by atoms with Crippen LogP contribution in [0, 0.1) is 0 Å². The van der Waals surface area contributed by atoms with Crippen LogP contribution in [0.2, 0.25) is 0 Å². The molecule has 2 rings (SSSR count). The van der Waals surface area contributed by atoms with Gasteiger partial charge >= 0.3 is 0 Å². The summed E-state index contributed by atoms with van der Waals surface area (Å²) in [4.78, 5) is 0. The summed E-state index contributed by atoms with van der Waals surface area (Å²) < 4.78 is 26.8. The third-order valence-corrected chi connectivity index (χ3v) is 6.39. The van der Waals surface area contributed by atoms with Gasteiger partial charge in [-0.2, -0.15) is 4.31 Å². The molecule has 0 spiro atoms. The van der Waals surface area contributed by atoms with E-state index < -0.39 is 10.0 Å². The van der Waals surface area contributed by atoms with E-state index in [1.165, 1.54) is 11.3 Å². The lowest BCUT2D eigenvalue weighted by Gasteiger charge is -2.32. The van der Waals surface area contributed by atoms with Gasteiger partial charge in [0.05, 0.1) is 0 Å². The molecule has 1 unspecified atom stereocenters. The van der Waals surface area contributed by atoms with Crippen molar-refractivity contribution in [2.45, 2.75) is 36.4 Å². The smallest absolute Gasteiger partial charge is 0.252 e. The van der Waals surface area contributed by atoms with Crippen LogP contribution < -0.4 is 5.32 Å². The second kappa shape index (κ2) is 6.14. The van der Waals surface area contributed by atoms with E-state index in [4.69, 9.17) is 0 Å². The third kappa shape index (κ3) is 3.12. The van der Waals surface area contributed by atoms with Crippen molar-refractivity contribution in [2.24, 2.45) is 0 Å². The fourth-order valence-electron chi connectivity index (χ4n) is 2.21. The maximum absolute atomic E-state index is 12.4. The van der Waals surface area contributed by atoms with Crippen LogP contribution in [0.1, 0.15) is 26.2 Å². The largest absolute Gasteiger partial charge is 0.313 e. The van der Waals surface area contributed by atoms with Crippen molar-refractivity contribution in [3.05, 3.63) is 17.5 Å². The topological polar surface area (TPSA) is 49.4 Å². The first kappa shape index (κ1) is 14.0. The average molecular weight is 288 g/mol. The van der Waals surface area contributed by atoms with Gasteiger partial charge in [0.1, 0.15) is 4.21 Å². The molecule has 0 bridgehead atoms. The zero-order valence-corrected chi connectivity index (χ0v) is 12.3. The van der Waals surface area contributed by atoms with Crippen LogP contribution in [0.3, 0.4) is 0 Å². The molecule has 1 aliphatic rings. The van der Waals surface area contributed by atoms with Gasteiger partial charge in [-0.05, 0) is 37.3 Å². The molecule has 1 aliphatic heterocycles. The summed E-state index contributed by atoms with van der Waals surface area (Å²) in [7, 11) is -3.26. The van der Waals surface area contributed by atoms with Gasteiger partial charge < -0.3 is 5.32 Å². The Bertz CT molecular complexity index is 456. The van der Waals surface area contributed by atoms with E-state index >= 15 is 0 Å². The van der Waals surface area contributed by atoms with Gasteiger partial charge in [0.15, 0.2) is 0 Å². The van der Waals surface area contributed by atoms with Crippen LogP contribution in [0.4, 0.5) is 0 Å². The van der Waals surface area contributed by atoms with Crippen molar-refractivity contribution in [1.29, 1.82) is 0 Å². The first-order valence-corrected chi connectivity index (χ1v) is 8.73. The van der Waals surface area contributed by atoms with E-state index in [0.717, 1.165) is 25.8 Å². The summed E-state index contributed by atoms with van der Waals surface area (Å²) in [5.74, 6) is 0. The number of nitrogens with zero attached hydrogens (tertiary/aromatic N) is 1. The Hall–Kier alpha value is -0.430. The van der Waals surface area contributed by atoms with E-state index in [0.29, 0.717) is 23.3 Å². The highest BCUT2D eigenvalue weighted by Crippen LogP contribution is 2.24. The van der Waals surface area contributed by atoms with E-state index in [-0.39, 0.29) is 0 Å². The van der Waals surface area contributed by atoms with Crippen molar-refractivity contribution in [2.75, 3.05) is 19.6 Å². The quantitative estimate of drug-likeness (QED) is 0.900. The standard InChI is InChI=1S/C12H20N2O2S2/c1-2-7-13-11-5-3-8-14(10-11)18(15,16)12-6-4-9-17-12/h4,6,9,11,13H,2-3,5,7-8,10H2,1H3.